The second-order valence-corrected chi connectivity index (χ2v) is 6.71. The lowest BCUT2D eigenvalue weighted by Gasteiger charge is -2.30. The maximum Gasteiger partial charge on any atom is 0.336 e. The number of nitrogen functional groups attached to an aromatic ring is 1. The van der Waals surface area contributed by atoms with Crippen molar-refractivity contribution in [3.8, 4) is 6.01 Å². The number of ether oxygens (including phenoxy) is 2. The van der Waals surface area contributed by atoms with Crippen molar-refractivity contribution in [2.24, 2.45) is 5.92 Å². The molecule has 8 heteroatoms. The predicted molar refractivity (Wildman–Crippen MR) is 95.7 cm³/mol. The van der Waals surface area contributed by atoms with Gasteiger partial charge in [0.25, 0.3) is 0 Å². The van der Waals surface area contributed by atoms with Gasteiger partial charge >= 0.3 is 6.01 Å². The molecule has 2 unspecified atom stereocenters. The van der Waals surface area contributed by atoms with Gasteiger partial charge in [-0.1, -0.05) is 13.3 Å². The van der Waals surface area contributed by atoms with Gasteiger partial charge in [-0.05, 0) is 38.6 Å². The van der Waals surface area contributed by atoms with Crippen LogP contribution in [0.5, 0.6) is 6.01 Å². The third kappa shape index (κ3) is 4.01. The topological polar surface area (TPSA) is 99.6 Å². The molecule has 3 N–H and O–H groups in total. The maximum absolute atomic E-state index is 6.06. The Morgan fingerprint density at radius 3 is 3.08 bits per heavy atom. The van der Waals surface area contributed by atoms with Crippen LogP contribution in [-0.4, -0.2) is 52.0 Å². The van der Waals surface area contributed by atoms with Crippen LogP contribution in [0, 0.1) is 5.92 Å². The SMILES string of the molecule is CCC[C@H](C)Oc1nc(N)c2ncc(CC3CCNCC3OC)n2n1. The molecule has 0 amide bonds. The van der Waals surface area contributed by atoms with Gasteiger partial charge in [0.2, 0.25) is 0 Å². The summed E-state index contributed by atoms with van der Waals surface area (Å²) in [5.74, 6) is 0.763. The number of imidazole rings is 1. The summed E-state index contributed by atoms with van der Waals surface area (Å²) in [6.07, 6.45) is 5.96. The molecule has 1 aliphatic heterocycles. The first kappa shape index (κ1) is 17.9. The second-order valence-electron chi connectivity index (χ2n) is 6.71. The number of anilines is 1. The summed E-state index contributed by atoms with van der Waals surface area (Å²) >= 11 is 0. The average Bonchev–Trinajstić information content (AvgIpc) is 2.99. The molecule has 25 heavy (non-hydrogen) atoms. The Hall–Kier alpha value is -1.93. The van der Waals surface area contributed by atoms with E-state index in [9.17, 15) is 0 Å². The van der Waals surface area contributed by atoms with Crippen LogP contribution in [-0.2, 0) is 11.2 Å². The number of nitrogens with zero attached hydrogens (tertiary/aromatic N) is 4. The molecule has 1 fully saturated rings. The van der Waals surface area contributed by atoms with Gasteiger partial charge in [-0.3, -0.25) is 0 Å². The largest absolute Gasteiger partial charge is 0.459 e. The molecule has 2 aromatic heterocycles. The van der Waals surface area contributed by atoms with E-state index in [1.807, 2.05) is 13.1 Å². The minimum absolute atomic E-state index is 0.0520. The van der Waals surface area contributed by atoms with Gasteiger partial charge in [0.15, 0.2) is 11.5 Å². The van der Waals surface area contributed by atoms with E-state index >= 15 is 0 Å². The van der Waals surface area contributed by atoms with Crippen molar-refractivity contribution in [1.29, 1.82) is 0 Å². The zero-order valence-electron chi connectivity index (χ0n) is 15.2. The minimum Gasteiger partial charge on any atom is -0.459 e. The monoisotopic (exact) mass is 348 g/mol. The van der Waals surface area contributed by atoms with Gasteiger partial charge in [0.05, 0.1) is 24.1 Å². The Labute approximate surface area is 148 Å². The third-order valence-electron chi connectivity index (χ3n) is 4.78. The molecule has 0 radical (unpaired) electrons. The molecule has 0 aromatic carbocycles. The van der Waals surface area contributed by atoms with E-state index in [1.165, 1.54) is 0 Å². The minimum atomic E-state index is 0.0520. The predicted octanol–water partition coefficient (Wildman–Crippen LogP) is 1.44. The second kappa shape index (κ2) is 7.97. The van der Waals surface area contributed by atoms with E-state index in [2.05, 4.69) is 27.3 Å². The number of methoxy groups -OCH3 is 1. The van der Waals surface area contributed by atoms with Crippen molar-refractivity contribution >= 4 is 11.5 Å². The lowest BCUT2D eigenvalue weighted by Crippen LogP contribution is -2.42. The first-order valence-corrected chi connectivity index (χ1v) is 9.02. The highest BCUT2D eigenvalue weighted by Crippen LogP contribution is 2.23. The number of nitrogens with two attached hydrogens (primary N) is 1. The summed E-state index contributed by atoms with van der Waals surface area (Å²) < 4.78 is 13.2. The van der Waals surface area contributed by atoms with Crippen molar-refractivity contribution < 1.29 is 9.47 Å². The first-order valence-electron chi connectivity index (χ1n) is 9.02. The van der Waals surface area contributed by atoms with Gasteiger partial charge in [0, 0.05) is 13.7 Å². The molecular formula is C17H28N6O2. The number of fused-ring (bicyclic) bond motifs is 1. The Kier molecular flexibility index (Phi) is 5.70. The van der Waals surface area contributed by atoms with E-state index in [0.717, 1.165) is 44.5 Å². The third-order valence-corrected chi connectivity index (χ3v) is 4.78. The molecule has 1 saturated heterocycles. The van der Waals surface area contributed by atoms with Crippen LogP contribution in [0.4, 0.5) is 5.82 Å². The smallest absolute Gasteiger partial charge is 0.336 e. The number of rotatable bonds is 7. The highest BCUT2D eigenvalue weighted by molar-refractivity contribution is 5.59. The molecule has 0 spiro atoms. The van der Waals surface area contributed by atoms with Crippen LogP contribution in [0.1, 0.15) is 38.8 Å². The van der Waals surface area contributed by atoms with Crippen LogP contribution in [0.2, 0.25) is 0 Å². The fourth-order valence-corrected chi connectivity index (χ4v) is 3.42. The Morgan fingerprint density at radius 1 is 1.48 bits per heavy atom. The molecule has 3 atom stereocenters. The summed E-state index contributed by atoms with van der Waals surface area (Å²) in [6.45, 7) is 6.01. The number of hydrogen-bond donors (Lipinski definition) is 2. The standard InChI is InChI=1S/C17H28N6O2/c1-4-5-11(2)25-17-21-15(18)16-20-9-13(23(16)22-17)8-12-6-7-19-10-14(12)24-3/h9,11-12,14,19H,4-8,10H2,1-3H3,(H2,18,21,22)/t11-,12?,14?/m0/s1. The summed E-state index contributed by atoms with van der Waals surface area (Å²) in [7, 11) is 1.76. The lowest BCUT2D eigenvalue weighted by atomic mass is 9.90. The fraction of sp³-hybridized carbons (Fsp3) is 0.706. The van der Waals surface area contributed by atoms with Crippen molar-refractivity contribution in [3.63, 3.8) is 0 Å². The molecule has 1 aliphatic rings. The van der Waals surface area contributed by atoms with Crippen LogP contribution >= 0.6 is 0 Å². The quantitative estimate of drug-likeness (QED) is 0.781. The molecular weight excluding hydrogens is 320 g/mol. The van der Waals surface area contributed by atoms with Gasteiger partial charge < -0.3 is 20.5 Å². The molecule has 0 bridgehead atoms. The van der Waals surface area contributed by atoms with Crippen LogP contribution in [0.3, 0.4) is 0 Å². The van der Waals surface area contributed by atoms with Crippen molar-refractivity contribution in [3.05, 3.63) is 11.9 Å². The van der Waals surface area contributed by atoms with Crippen LogP contribution in [0.15, 0.2) is 6.20 Å². The van der Waals surface area contributed by atoms with Gasteiger partial charge in [0.1, 0.15) is 0 Å². The summed E-state index contributed by atoms with van der Waals surface area (Å²) in [4.78, 5) is 8.63. The Bertz CT molecular complexity index is 704. The maximum atomic E-state index is 6.06. The highest BCUT2D eigenvalue weighted by atomic mass is 16.5. The van der Waals surface area contributed by atoms with Crippen molar-refractivity contribution in [2.75, 3.05) is 25.9 Å². The van der Waals surface area contributed by atoms with E-state index in [1.54, 1.807) is 11.6 Å². The summed E-state index contributed by atoms with van der Waals surface area (Å²) in [6, 6.07) is 0.304. The number of piperidine rings is 1. The lowest BCUT2D eigenvalue weighted by molar-refractivity contribution is 0.0336. The highest BCUT2D eigenvalue weighted by Gasteiger charge is 2.26. The average molecular weight is 348 g/mol. The zero-order chi connectivity index (χ0) is 17.8. The summed E-state index contributed by atoms with van der Waals surface area (Å²) in [5, 5.41) is 7.89. The van der Waals surface area contributed by atoms with Crippen LogP contribution in [0.25, 0.3) is 5.65 Å². The summed E-state index contributed by atoms with van der Waals surface area (Å²) in [5.41, 5.74) is 7.64. The van der Waals surface area contributed by atoms with E-state index in [4.69, 9.17) is 15.2 Å². The van der Waals surface area contributed by atoms with Gasteiger partial charge in [-0.15, -0.1) is 5.10 Å². The zero-order valence-corrected chi connectivity index (χ0v) is 15.2. The molecule has 138 valence electrons. The van der Waals surface area contributed by atoms with Crippen LogP contribution < -0.4 is 15.8 Å². The van der Waals surface area contributed by atoms with Gasteiger partial charge in [-0.25, -0.2) is 9.50 Å². The van der Waals surface area contributed by atoms with E-state index in [0.29, 0.717) is 23.4 Å². The first-order chi connectivity index (χ1) is 12.1. The molecule has 2 aromatic rings. The van der Waals surface area contributed by atoms with E-state index in [-0.39, 0.29) is 12.2 Å². The number of nitrogens with one attached hydrogen (secondary N) is 1. The van der Waals surface area contributed by atoms with Crippen molar-refractivity contribution in [2.45, 2.75) is 51.7 Å². The number of aromatic nitrogens is 4. The molecule has 3 heterocycles. The Balaban J connectivity index is 1.84. The molecule has 3 rings (SSSR count). The molecule has 8 nitrogen and oxygen atoms in total. The van der Waals surface area contributed by atoms with Gasteiger partial charge in [-0.2, -0.15) is 4.98 Å². The van der Waals surface area contributed by atoms with Crippen molar-refractivity contribution in [1.82, 2.24) is 24.9 Å². The van der Waals surface area contributed by atoms with E-state index < -0.39 is 0 Å². The Morgan fingerprint density at radius 2 is 2.32 bits per heavy atom. The molecule has 0 aliphatic carbocycles. The number of hydrogen-bond acceptors (Lipinski definition) is 7. The fourth-order valence-electron chi connectivity index (χ4n) is 3.42. The molecule has 0 saturated carbocycles. The normalized spacial score (nSPS) is 22.2.